The monoisotopic (exact) mass is 250 g/mol. The van der Waals surface area contributed by atoms with Crippen molar-refractivity contribution in [3.8, 4) is 0 Å². The van der Waals surface area contributed by atoms with E-state index in [9.17, 15) is 9.90 Å². The van der Waals surface area contributed by atoms with Gasteiger partial charge in [-0.15, -0.1) is 0 Å². The molecule has 1 fully saturated rings. The molecule has 100 valence electrons. The highest BCUT2D eigenvalue weighted by Gasteiger charge is 2.38. The van der Waals surface area contributed by atoms with E-state index in [-0.39, 0.29) is 11.9 Å². The van der Waals surface area contributed by atoms with Gasteiger partial charge in [0.1, 0.15) is 12.2 Å². The molecule has 0 bridgehead atoms. The second-order valence-electron chi connectivity index (χ2n) is 5.65. The number of aliphatic hydroxyl groups excluding tert-OH is 1. The van der Waals surface area contributed by atoms with Crippen molar-refractivity contribution in [2.24, 2.45) is 11.8 Å². The highest BCUT2D eigenvalue weighted by molar-refractivity contribution is 5.74. The summed E-state index contributed by atoms with van der Waals surface area (Å²) < 4.78 is 5.20. The maximum Gasteiger partial charge on any atom is 0.309 e. The number of cyclic esters (lactones) is 1. The maximum atomic E-state index is 11.4. The SMILES string of the molecule is C=C([C@H]1CC=C(C)CC1)[C@H](O)[C@H]1C[C@@H](C)C(=O)O1. The van der Waals surface area contributed by atoms with Crippen molar-refractivity contribution < 1.29 is 14.6 Å². The van der Waals surface area contributed by atoms with E-state index in [0.717, 1.165) is 24.8 Å². The van der Waals surface area contributed by atoms with Gasteiger partial charge in [0.25, 0.3) is 0 Å². The van der Waals surface area contributed by atoms with E-state index < -0.39 is 12.2 Å². The molecule has 0 spiro atoms. The number of hydrogen-bond donors (Lipinski definition) is 1. The van der Waals surface area contributed by atoms with Crippen LogP contribution in [0.1, 0.15) is 39.5 Å². The molecule has 0 amide bonds. The van der Waals surface area contributed by atoms with Crippen molar-refractivity contribution in [2.45, 2.75) is 51.7 Å². The molecule has 0 aromatic carbocycles. The predicted octanol–water partition coefficient (Wildman–Crippen LogP) is 2.60. The van der Waals surface area contributed by atoms with Crippen molar-refractivity contribution in [3.63, 3.8) is 0 Å². The second-order valence-corrected chi connectivity index (χ2v) is 5.65. The lowest BCUT2D eigenvalue weighted by Gasteiger charge is -2.28. The average Bonchev–Trinajstić information content (AvgIpc) is 2.69. The van der Waals surface area contributed by atoms with E-state index in [4.69, 9.17) is 4.74 Å². The topological polar surface area (TPSA) is 46.5 Å². The van der Waals surface area contributed by atoms with Gasteiger partial charge in [0.05, 0.1) is 5.92 Å². The summed E-state index contributed by atoms with van der Waals surface area (Å²) in [6.45, 7) is 8.00. The molecule has 0 radical (unpaired) electrons. The van der Waals surface area contributed by atoms with E-state index >= 15 is 0 Å². The standard InChI is InChI=1S/C15H22O3/c1-9-4-6-12(7-5-9)11(3)14(16)13-8-10(2)15(17)18-13/h4,10,12-14,16H,3,5-8H2,1-2H3/t10-,12+,13-,14+/m1/s1. The second kappa shape index (κ2) is 5.27. The molecule has 1 heterocycles. The first-order valence-electron chi connectivity index (χ1n) is 6.72. The van der Waals surface area contributed by atoms with Gasteiger partial charge in [-0.25, -0.2) is 0 Å². The molecule has 1 aliphatic heterocycles. The first kappa shape index (κ1) is 13.3. The summed E-state index contributed by atoms with van der Waals surface area (Å²) >= 11 is 0. The van der Waals surface area contributed by atoms with Crippen molar-refractivity contribution in [3.05, 3.63) is 23.8 Å². The third-order valence-corrected chi connectivity index (χ3v) is 4.15. The van der Waals surface area contributed by atoms with Gasteiger partial charge < -0.3 is 9.84 Å². The quantitative estimate of drug-likeness (QED) is 0.618. The van der Waals surface area contributed by atoms with Crippen molar-refractivity contribution in [1.29, 1.82) is 0 Å². The van der Waals surface area contributed by atoms with Crippen LogP contribution in [-0.2, 0) is 9.53 Å². The molecular weight excluding hydrogens is 228 g/mol. The lowest BCUT2D eigenvalue weighted by atomic mass is 9.81. The minimum Gasteiger partial charge on any atom is -0.459 e. The number of hydrogen-bond acceptors (Lipinski definition) is 3. The zero-order chi connectivity index (χ0) is 13.3. The fourth-order valence-electron chi connectivity index (χ4n) is 2.73. The van der Waals surface area contributed by atoms with Crippen LogP contribution in [0.3, 0.4) is 0 Å². The van der Waals surface area contributed by atoms with Gasteiger partial charge in [-0.3, -0.25) is 4.79 Å². The van der Waals surface area contributed by atoms with Gasteiger partial charge in [-0.2, -0.15) is 0 Å². The summed E-state index contributed by atoms with van der Waals surface area (Å²) in [6, 6.07) is 0. The molecule has 1 N–H and O–H groups in total. The minimum atomic E-state index is -0.712. The van der Waals surface area contributed by atoms with E-state index in [2.05, 4.69) is 19.6 Å². The van der Waals surface area contributed by atoms with Gasteiger partial charge in [-0.1, -0.05) is 25.2 Å². The van der Waals surface area contributed by atoms with Crippen LogP contribution < -0.4 is 0 Å². The molecule has 2 rings (SSSR count). The molecule has 4 atom stereocenters. The Hall–Kier alpha value is -1.09. The molecule has 1 aliphatic carbocycles. The van der Waals surface area contributed by atoms with Crippen LogP contribution in [-0.4, -0.2) is 23.3 Å². The molecule has 0 unspecified atom stereocenters. The summed E-state index contributed by atoms with van der Waals surface area (Å²) in [5.74, 6) is 0.00971. The fourth-order valence-corrected chi connectivity index (χ4v) is 2.73. The molecule has 3 nitrogen and oxygen atoms in total. The summed E-state index contributed by atoms with van der Waals surface area (Å²) in [6.07, 6.45) is 4.75. The molecule has 0 aromatic rings. The molecule has 3 heteroatoms. The Bertz CT molecular complexity index is 383. The number of carbonyl (C=O) groups excluding carboxylic acids is 1. The van der Waals surface area contributed by atoms with Gasteiger partial charge in [0.2, 0.25) is 0 Å². The molecular formula is C15H22O3. The smallest absolute Gasteiger partial charge is 0.309 e. The molecule has 1 saturated heterocycles. The largest absolute Gasteiger partial charge is 0.459 e. The van der Waals surface area contributed by atoms with Crippen molar-refractivity contribution in [1.82, 2.24) is 0 Å². The normalized spacial score (nSPS) is 33.8. The first-order chi connectivity index (χ1) is 8.49. The van der Waals surface area contributed by atoms with E-state index in [0.29, 0.717) is 12.3 Å². The Balaban J connectivity index is 1.95. The highest BCUT2D eigenvalue weighted by atomic mass is 16.6. The van der Waals surface area contributed by atoms with Crippen LogP contribution in [0, 0.1) is 11.8 Å². The minimum absolute atomic E-state index is 0.106. The lowest BCUT2D eigenvalue weighted by Crippen LogP contribution is -2.31. The number of allylic oxidation sites excluding steroid dienone is 2. The number of aliphatic hydroxyl groups is 1. The predicted molar refractivity (Wildman–Crippen MR) is 69.9 cm³/mol. The van der Waals surface area contributed by atoms with Crippen LogP contribution >= 0.6 is 0 Å². The van der Waals surface area contributed by atoms with E-state index in [1.807, 2.05) is 6.92 Å². The van der Waals surface area contributed by atoms with E-state index in [1.54, 1.807) is 0 Å². The zero-order valence-electron chi connectivity index (χ0n) is 11.2. The van der Waals surface area contributed by atoms with Crippen LogP contribution in [0.15, 0.2) is 23.8 Å². The first-order valence-corrected chi connectivity index (χ1v) is 6.72. The van der Waals surface area contributed by atoms with Crippen molar-refractivity contribution >= 4 is 5.97 Å². The third kappa shape index (κ3) is 2.66. The van der Waals surface area contributed by atoms with Crippen LogP contribution in [0.5, 0.6) is 0 Å². The van der Waals surface area contributed by atoms with Crippen LogP contribution in [0.25, 0.3) is 0 Å². The molecule has 0 saturated carbocycles. The Labute approximate surface area is 109 Å². The molecule has 2 aliphatic rings. The molecule has 18 heavy (non-hydrogen) atoms. The highest BCUT2D eigenvalue weighted by Crippen LogP contribution is 2.33. The number of rotatable bonds is 3. The summed E-state index contributed by atoms with van der Waals surface area (Å²) in [7, 11) is 0. The van der Waals surface area contributed by atoms with Crippen LogP contribution in [0.2, 0.25) is 0 Å². The van der Waals surface area contributed by atoms with Crippen molar-refractivity contribution in [2.75, 3.05) is 0 Å². The Morgan fingerprint density at radius 2 is 2.33 bits per heavy atom. The van der Waals surface area contributed by atoms with E-state index in [1.165, 1.54) is 5.57 Å². The Kier molecular flexibility index (Phi) is 3.91. The summed E-state index contributed by atoms with van der Waals surface area (Å²) in [4.78, 5) is 11.4. The lowest BCUT2D eigenvalue weighted by molar-refractivity contribution is -0.146. The average molecular weight is 250 g/mol. The Morgan fingerprint density at radius 1 is 1.61 bits per heavy atom. The Morgan fingerprint density at radius 3 is 2.83 bits per heavy atom. The zero-order valence-corrected chi connectivity index (χ0v) is 11.2. The number of esters is 1. The summed E-state index contributed by atoms with van der Waals surface area (Å²) in [5.41, 5.74) is 2.24. The third-order valence-electron chi connectivity index (χ3n) is 4.15. The van der Waals surface area contributed by atoms with Gasteiger partial charge in [0, 0.05) is 6.42 Å². The number of carbonyl (C=O) groups is 1. The maximum absolute atomic E-state index is 11.4. The van der Waals surface area contributed by atoms with Crippen LogP contribution in [0.4, 0.5) is 0 Å². The number of ether oxygens (including phenoxy) is 1. The fraction of sp³-hybridized carbons (Fsp3) is 0.667. The van der Waals surface area contributed by atoms with Gasteiger partial charge >= 0.3 is 5.97 Å². The summed E-state index contributed by atoms with van der Waals surface area (Å²) in [5, 5.41) is 10.3. The van der Waals surface area contributed by atoms with Gasteiger partial charge in [-0.05, 0) is 37.7 Å². The molecule has 0 aromatic heterocycles. The van der Waals surface area contributed by atoms with Gasteiger partial charge in [0.15, 0.2) is 0 Å².